The molecule has 10 heteroatoms. The topological polar surface area (TPSA) is 92.9 Å². The molecule has 4 aromatic rings. The van der Waals surface area contributed by atoms with Crippen molar-refractivity contribution in [1.29, 1.82) is 0 Å². The first-order chi connectivity index (χ1) is 16.3. The summed E-state index contributed by atoms with van der Waals surface area (Å²) in [5.41, 5.74) is 1.65. The van der Waals surface area contributed by atoms with E-state index in [1.807, 2.05) is 11.4 Å². The lowest BCUT2D eigenvalue weighted by atomic mass is 10.0. The van der Waals surface area contributed by atoms with Gasteiger partial charge in [0, 0.05) is 11.1 Å². The SMILES string of the molecule is Cc1nc2c(OCc3c(F)cccc3F)cccn2c1C(=O)N[C@@H]1c2sccc2C[C@H]1C(=O)O. The molecule has 0 radical (unpaired) electrons. The van der Waals surface area contributed by atoms with Crippen molar-refractivity contribution in [3.63, 3.8) is 0 Å². The predicted molar refractivity (Wildman–Crippen MR) is 120 cm³/mol. The van der Waals surface area contributed by atoms with Gasteiger partial charge in [-0.05, 0) is 54.6 Å². The largest absolute Gasteiger partial charge is 0.485 e. The summed E-state index contributed by atoms with van der Waals surface area (Å²) < 4.78 is 35.1. The minimum atomic E-state index is -0.973. The first-order valence-corrected chi connectivity index (χ1v) is 11.4. The first kappa shape index (κ1) is 22.0. The van der Waals surface area contributed by atoms with Crippen LogP contribution in [0.5, 0.6) is 5.75 Å². The van der Waals surface area contributed by atoms with Crippen LogP contribution >= 0.6 is 11.3 Å². The Balaban J connectivity index is 1.44. The Hall–Kier alpha value is -3.79. The van der Waals surface area contributed by atoms with Crippen molar-refractivity contribution in [3.05, 3.63) is 87.0 Å². The molecule has 1 aliphatic carbocycles. The van der Waals surface area contributed by atoms with E-state index in [0.717, 1.165) is 22.6 Å². The lowest BCUT2D eigenvalue weighted by Gasteiger charge is -2.18. The van der Waals surface area contributed by atoms with Gasteiger partial charge in [0.25, 0.3) is 5.91 Å². The second-order valence-electron chi connectivity index (χ2n) is 8.01. The molecule has 1 aromatic carbocycles. The zero-order chi connectivity index (χ0) is 24.0. The van der Waals surface area contributed by atoms with Gasteiger partial charge < -0.3 is 15.2 Å². The Labute approximate surface area is 196 Å². The van der Waals surface area contributed by atoms with Crippen LogP contribution in [-0.2, 0) is 17.8 Å². The normalized spacial score (nSPS) is 17.0. The van der Waals surface area contributed by atoms with Crippen molar-refractivity contribution in [2.75, 3.05) is 0 Å². The number of aromatic nitrogens is 2. The third kappa shape index (κ3) is 3.69. The Bertz CT molecular complexity index is 1410. The number of rotatable bonds is 6. The summed E-state index contributed by atoms with van der Waals surface area (Å²) in [5, 5.41) is 14.4. The lowest BCUT2D eigenvalue weighted by Crippen LogP contribution is -2.35. The number of hydrogen-bond acceptors (Lipinski definition) is 5. The molecule has 0 saturated carbocycles. The highest BCUT2D eigenvalue weighted by atomic mass is 32.1. The van der Waals surface area contributed by atoms with Crippen molar-refractivity contribution in [2.24, 2.45) is 5.92 Å². The number of carboxylic acid groups (broad SMARTS) is 1. The number of nitrogens with zero attached hydrogens (tertiary/aromatic N) is 2. The fourth-order valence-electron chi connectivity index (χ4n) is 4.29. The molecule has 1 aliphatic rings. The monoisotopic (exact) mass is 483 g/mol. The molecule has 5 rings (SSSR count). The number of carboxylic acids is 1. The van der Waals surface area contributed by atoms with E-state index in [-0.39, 0.29) is 23.6 Å². The number of imidazole rings is 1. The van der Waals surface area contributed by atoms with Crippen LogP contribution in [0.4, 0.5) is 8.78 Å². The Kier molecular flexibility index (Phi) is 5.52. The average Bonchev–Trinajstić information content (AvgIpc) is 3.47. The molecule has 0 fully saturated rings. The number of carbonyl (C=O) groups is 2. The predicted octanol–water partition coefficient (Wildman–Crippen LogP) is 4.29. The molecule has 3 heterocycles. The zero-order valence-corrected chi connectivity index (χ0v) is 18.7. The summed E-state index contributed by atoms with van der Waals surface area (Å²) in [6.45, 7) is 1.30. The van der Waals surface area contributed by atoms with E-state index in [1.54, 1.807) is 25.3 Å². The van der Waals surface area contributed by atoms with Gasteiger partial charge in [0.1, 0.15) is 23.9 Å². The van der Waals surface area contributed by atoms with Crippen LogP contribution in [0.25, 0.3) is 5.65 Å². The minimum Gasteiger partial charge on any atom is -0.485 e. The number of fused-ring (bicyclic) bond motifs is 2. The first-order valence-electron chi connectivity index (χ1n) is 10.5. The van der Waals surface area contributed by atoms with E-state index in [1.165, 1.54) is 21.8 Å². The number of benzene rings is 1. The summed E-state index contributed by atoms with van der Waals surface area (Å²) in [6, 6.07) is 8.03. The summed E-state index contributed by atoms with van der Waals surface area (Å²) in [6.07, 6.45) is 1.98. The van der Waals surface area contributed by atoms with Crippen molar-refractivity contribution < 1.29 is 28.2 Å². The number of hydrogen-bond donors (Lipinski definition) is 2. The quantitative estimate of drug-likeness (QED) is 0.427. The van der Waals surface area contributed by atoms with E-state index in [0.29, 0.717) is 17.8 Å². The van der Waals surface area contributed by atoms with Gasteiger partial charge in [0.05, 0.1) is 23.2 Å². The highest BCUT2D eigenvalue weighted by Gasteiger charge is 2.40. The summed E-state index contributed by atoms with van der Waals surface area (Å²) in [5.74, 6) is -3.38. The Morgan fingerprint density at radius 3 is 2.74 bits per heavy atom. The molecule has 7 nitrogen and oxygen atoms in total. The van der Waals surface area contributed by atoms with Crippen LogP contribution in [0.2, 0.25) is 0 Å². The summed E-state index contributed by atoms with van der Waals surface area (Å²) in [4.78, 5) is 30.3. The molecule has 0 aliphatic heterocycles. The third-order valence-corrected chi connectivity index (χ3v) is 6.99. The molecule has 1 amide bonds. The molecule has 0 spiro atoms. The van der Waals surface area contributed by atoms with E-state index in [2.05, 4.69) is 10.3 Å². The van der Waals surface area contributed by atoms with Gasteiger partial charge in [0.2, 0.25) is 0 Å². The average molecular weight is 483 g/mol. The molecular formula is C24H19F2N3O4S. The van der Waals surface area contributed by atoms with Crippen molar-refractivity contribution in [2.45, 2.75) is 26.0 Å². The van der Waals surface area contributed by atoms with Crippen LogP contribution in [0.15, 0.2) is 48.0 Å². The molecule has 34 heavy (non-hydrogen) atoms. The highest BCUT2D eigenvalue weighted by molar-refractivity contribution is 7.10. The van der Waals surface area contributed by atoms with Crippen LogP contribution in [-0.4, -0.2) is 26.4 Å². The fourth-order valence-corrected chi connectivity index (χ4v) is 5.35. The minimum absolute atomic E-state index is 0.210. The van der Waals surface area contributed by atoms with Crippen LogP contribution in [0.1, 0.15) is 38.2 Å². The van der Waals surface area contributed by atoms with Gasteiger partial charge in [-0.15, -0.1) is 11.3 Å². The van der Waals surface area contributed by atoms with E-state index in [9.17, 15) is 23.5 Å². The second-order valence-corrected chi connectivity index (χ2v) is 8.96. The number of aliphatic carboxylic acids is 1. The van der Waals surface area contributed by atoms with Crippen molar-refractivity contribution in [3.8, 4) is 5.75 Å². The maximum absolute atomic E-state index is 14.0. The van der Waals surface area contributed by atoms with Crippen LogP contribution in [0, 0.1) is 24.5 Å². The molecule has 0 unspecified atom stereocenters. The smallest absolute Gasteiger partial charge is 0.309 e. The number of aryl methyl sites for hydroxylation is 1. The number of thiophene rings is 1. The van der Waals surface area contributed by atoms with E-state index in [4.69, 9.17) is 4.74 Å². The number of pyridine rings is 1. The highest BCUT2D eigenvalue weighted by Crippen LogP contribution is 2.40. The third-order valence-electron chi connectivity index (χ3n) is 5.95. The number of ether oxygens (including phenoxy) is 1. The number of halogens is 2. The van der Waals surface area contributed by atoms with Gasteiger partial charge in [-0.3, -0.25) is 14.0 Å². The van der Waals surface area contributed by atoms with Crippen molar-refractivity contribution in [1.82, 2.24) is 14.7 Å². The van der Waals surface area contributed by atoms with E-state index >= 15 is 0 Å². The zero-order valence-electron chi connectivity index (χ0n) is 17.9. The molecule has 0 saturated heterocycles. The van der Waals surface area contributed by atoms with Gasteiger partial charge >= 0.3 is 5.97 Å². The molecule has 2 atom stereocenters. The Morgan fingerprint density at radius 2 is 2.00 bits per heavy atom. The second kappa shape index (κ2) is 8.53. The number of nitrogens with one attached hydrogen (secondary N) is 1. The maximum Gasteiger partial charge on any atom is 0.309 e. The van der Waals surface area contributed by atoms with Gasteiger partial charge in [-0.25, -0.2) is 13.8 Å². The van der Waals surface area contributed by atoms with Gasteiger partial charge in [-0.2, -0.15) is 0 Å². The maximum atomic E-state index is 14.0. The number of carbonyl (C=O) groups excluding carboxylic acids is 1. The van der Waals surface area contributed by atoms with Gasteiger partial charge in [0.15, 0.2) is 11.4 Å². The summed E-state index contributed by atoms with van der Waals surface area (Å²) in [7, 11) is 0. The lowest BCUT2D eigenvalue weighted by molar-refractivity contribution is -0.142. The standard InChI is InChI=1S/C24H19F2N3O4S/c1-12-20(23(30)28-19-14(24(31)32)10-13-7-9-34-21(13)19)29-8-3-6-18(22(29)27-12)33-11-15-16(25)4-2-5-17(15)26/h2-9,14,19H,10-11H2,1H3,(H,28,30)(H,31,32)/t14-,19+/m1/s1. The molecule has 3 aromatic heterocycles. The van der Waals surface area contributed by atoms with E-state index < -0.39 is 35.5 Å². The molecule has 0 bridgehead atoms. The molecule has 2 N–H and O–H groups in total. The number of amides is 1. The molecule has 174 valence electrons. The van der Waals surface area contributed by atoms with Crippen LogP contribution in [0.3, 0.4) is 0 Å². The summed E-state index contributed by atoms with van der Waals surface area (Å²) >= 11 is 1.42. The Morgan fingerprint density at radius 1 is 1.24 bits per heavy atom. The van der Waals surface area contributed by atoms with Crippen molar-refractivity contribution >= 4 is 28.9 Å². The molecular weight excluding hydrogens is 464 g/mol. The fraction of sp³-hybridized carbons (Fsp3) is 0.208. The van der Waals surface area contributed by atoms with Gasteiger partial charge in [-0.1, -0.05) is 6.07 Å². The van der Waals surface area contributed by atoms with Crippen LogP contribution < -0.4 is 10.1 Å².